The van der Waals surface area contributed by atoms with Gasteiger partial charge < -0.3 is 15.7 Å². The molecule has 0 saturated carbocycles. The fourth-order valence-electron chi connectivity index (χ4n) is 1.56. The molecular formula is C13H11BrFN3O2. The number of nitrogens with zero attached hydrogens (tertiary/aromatic N) is 2. The molecule has 0 atom stereocenters. The lowest BCUT2D eigenvalue weighted by atomic mass is 10.2. The summed E-state index contributed by atoms with van der Waals surface area (Å²) in [5, 5.41) is 11.6. The molecule has 0 aliphatic carbocycles. The van der Waals surface area contributed by atoms with Crippen molar-refractivity contribution in [3.63, 3.8) is 0 Å². The molecule has 1 heterocycles. The second-order valence-electron chi connectivity index (χ2n) is 4.00. The van der Waals surface area contributed by atoms with Gasteiger partial charge in [-0.25, -0.2) is 9.37 Å². The average molecular weight is 340 g/mol. The zero-order valence-corrected chi connectivity index (χ0v) is 12.1. The lowest BCUT2D eigenvalue weighted by molar-refractivity contribution is 0.318. The summed E-state index contributed by atoms with van der Waals surface area (Å²) >= 11 is 3.26. The molecule has 7 heteroatoms. The zero-order valence-electron chi connectivity index (χ0n) is 10.5. The predicted molar refractivity (Wildman–Crippen MR) is 75.7 cm³/mol. The van der Waals surface area contributed by atoms with E-state index < -0.39 is 5.82 Å². The molecule has 0 amide bonds. The normalized spacial score (nSPS) is 11.4. The van der Waals surface area contributed by atoms with Crippen LogP contribution in [-0.2, 0) is 0 Å². The van der Waals surface area contributed by atoms with Crippen molar-refractivity contribution in [3.05, 3.63) is 51.9 Å². The van der Waals surface area contributed by atoms with Gasteiger partial charge in [0.15, 0.2) is 5.84 Å². The van der Waals surface area contributed by atoms with E-state index in [1.807, 2.05) is 0 Å². The summed E-state index contributed by atoms with van der Waals surface area (Å²) in [5.74, 6) is 0.0256. The molecule has 0 bridgehead atoms. The van der Waals surface area contributed by atoms with Crippen LogP contribution in [0.2, 0.25) is 0 Å². The van der Waals surface area contributed by atoms with Crippen LogP contribution in [0.4, 0.5) is 4.39 Å². The fourth-order valence-corrected chi connectivity index (χ4v) is 1.89. The smallest absolute Gasteiger partial charge is 0.220 e. The lowest BCUT2D eigenvalue weighted by Gasteiger charge is -2.09. The van der Waals surface area contributed by atoms with Gasteiger partial charge in [0.2, 0.25) is 5.88 Å². The van der Waals surface area contributed by atoms with E-state index >= 15 is 0 Å². The Morgan fingerprint density at radius 3 is 2.85 bits per heavy atom. The predicted octanol–water partition coefficient (Wildman–Crippen LogP) is 3.18. The Hall–Kier alpha value is -2.15. The highest BCUT2D eigenvalue weighted by molar-refractivity contribution is 9.10. The molecule has 0 aliphatic rings. The van der Waals surface area contributed by atoms with Crippen LogP contribution in [0.15, 0.2) is 40.0 Å². The maximum Gasteiger partial charge on any atom is 0.220 e. The summed E-state index contributed by atoms with van der Waals surface area (Å²) in [7, 11) is 0. The van der Waals surface area contributed by atoms with Crippen LogP contribution < -0.4 is 10.5 Å². The number of hydrogen-bond acceptors (Lipinski definition) is 4. The van der Waals surface area contributed by atoms with Crippen molar-refractivity contribution in [3.8, 4) is 11.6 Å². The third kappa shape index (κ3) is 3.24. The van der Waals surface area contributed by atoms with Crippen molar-refractivity contribution in [2.24, 2.45) is 10.9 Å². The molecule has 1 aromatic heterocycles. The first-order valence-electron chi connectivity index (χ1n) is 5.59. The SMILES string of the molecule is Cc1cc(/C(N)=N/O)cc(Oc2cc(F)ccc2Br)n1. The highest BCUT2D eigenvalue weighted by Gasteiger charge is 2.09. The zero-order chi connectivity index (χ0) is 14.7. The Kier molecular flexibility index (Phi) is 4.19. The van der Waals surface area contributed by atoms with Crippen molar-refractivity contribution in [2.75, 3.05) is 0 Å². The number of oxime groups is 1. The third-order valence-electron chi connectivity index (χ3n) is 2.44. The van der Waals surface area contributed by atoms with Crippen molar-refractivity contribution in [2.45, 2.75) is 6.92 Å². The number of benzene rings is 1. The largest absolute Gasteiger partial charge is 0.438 e. The van der Waals surface area contributed by atoms with Crippen LogP contribution in [0, 0.1) is 12.7 Å². The molecule has 2 rings (SSSR count). The van der Waals surface area contributed by atoms with Gasteiger partial charge in [-0.15, -0.1) is 0 Å². The average Bonchev–Trinajstić information content (AvgIpc) is 2.41. The number of rotatable bonds is 3. The number of amidine groups is 1. The summed E-state index contributed by atoms with van der Waals surface area (Å²) in [6.07, 6.45) is 0. The van der Waals surface area contributed by atoms with Gasteiger partial charge in [-0.05, 0) is 41.1 Å². The quantitative estimate of drug-likeness (QED) is 0.389. The van der Waals surface area contributed by atoms with E-state index in [0.29, 0.717) is 15.7 Å². The first-order valence-corrected chi connectivity index (χ1v) is 6.38. The van der Waals surface area contributed by atoms with Crippen LogP contribution in [0.3, 0.4) is 0 Å². The maximum atomic E-state index is 13.2. The highest BCUT2D eigenvalue weighted by Crippen LogP contribution is 2.29. The van der Waals surface area contributed by atoms with Crippen molar-refractivity contribution in [1.29, 1.82) is 0 Å². The van der Waals surface area contributed by atoms with Gasteiger partial charge in [-0.2, -0.15) is 0 Å². The van der Waals surface area contributed by atoms with Gasteiger partial charge in [0.1, 0.15) is 11.6 Å². The van der Waals surface area contributed by atoms with E-state index in [2.05, 4.69) is 26.1 Å². The Balaban J connectivity index is 2.38. The van der Waals surface area contributed by atoms with E-state index in [1.54, 1.807) is 13.0 Å². The molecule has 3 N–H and O–H groups in total. The lowest BCUT2D eigenvalue weighted by Crippen LogP contribution is -2.13. The van der Waals surface area contributed by atoms with Crippen LogP contribution >= 0.6 is 15.9 Å². The van der Waals surface area contributed by atoms with E-state index in [-0.39, 0.29) is 17.5 Å². The summed E-state index contributed by atoms with van der Waals surface area (Å²) in [5.41, 5.74) is 6.61. The van der Waals surface area contributed by atoms with Crippen LogP contribution in [0.25, 0.3) is 0 Å². The van der Waals surface area contributed by atoms with E-state index in [9.17, 15) is 4.39 Å². The van der Waals surface area contributed by atoms with Crippen LogP contribution in [0.1, 0.15) is 11.3 Å². The number of aryl methyl sites for hydroxylation is 1. The number of ether oxygens (including phenoxy) is 1. The first kappa shape index (κ1) is 14.3. The molecule has 0 fully saturated rings. The standard InChI is InChI=1S/C13H11BrFN3O2/c1-7-4-8(13(16)18-19)5-12(17-7)20-11-6-9(15)2-3-10(11)14/h2-6,19H,1H3,(H2,16,18). The number of hydrogen-bond donors (Lipinski definition) is 2. The van der Waals surface area contributed by atoms with E-state index in [1.165, 1.54) is 24.3 Å². The second kappa shape index (κ2) is 5.87. The molecule has 2 aromatic rings. The molecule has 0 aliphatic heterocycles. The second-order valence-corrected chi connectivity index (χ2v) is 4.85. The van der Waals surface area contributed by atoms with Crippen LogP contribution in [0.5, 0.6) is 11.6 Å². The van der Waals surface area contributed by atoms with Gasteiger partial charge in [0, 0.05) is 23.4 Å². The minimum absolute atomic E-state index is 0.0568. The molecule has 20 heavy (non-hydrogen) atoms. The molecule has 1 aromatic carbocycles. The van der Waals surface area contributed by atoms with E-state index in [4.69, 9.17) is 15.7 Å². The minimum atomic E-state index is -0.424. The fraction of sp³-hybridized carbons (Fsp3) is 0.0769. The van der Waals surface area contributed by atoms with Gasteiger partial charge in [-0.1, -0.05) is 5.16 Å². The van der Waals surface area contributed by atoms with E-state index in [0.717, 1.165) is 0 Å². The monoisotopic (exact) mass is 339 g/mol. The van der Waals surface area contributed by atoms with Gasteiger partial charge in [0.25, 0.3) is 0 Å². The topological polar surface area (TPSA) is 80.7 Å². The number of pyridine rings is 1. The van der Waals surface area contributed by atoms with Crippen molar-refractivity contribution in [1.82, 2.24) is 4.98 Å². The highest BCUT2D eigenvalue weighted by atomic mass is 79.9. The summed E-state index contributed by atoms with van der Waals surface area (Å²) in [6.45, 7) is 1.74. The number of halogens is 2. The van der Waals surface area contributed by atoms with Crippen molar-refractivity contribution >= 4 is 21.8 Å². The summed E-state index contributed by atoms with van der Waals surface area (Å²) in [4.78, 5) is 4.16. The molecule has 0 spiro atoms. The number of nitrogens with two attached hydrogens (primary N) is 1. The number of aromatic nitrogens is 1. The molecule has 0 unspecified atom stereocenters. The van der Waals surface area contributed by atoms with Crippen LogP contribution in [-0.4, -0.2) is 16.0 Å². The van der Waals surface area contributed by atoms with Crippen molar-refractivity contribution < 1.29 is 14.3 Å². The third-order valence-corrected chi connectivity index (χ3v) is 3.10. The summed E-state index contributed by atoms with van der Waals surface area (Å²) < 4.78 is 19.3. The Morgan fingerprint density at radius 2 is 2.15 bits per heavy atom. The molecular weight excluding hydrogens is 329 g/mol. The molecule has 0 radical (unpaired) electrons. The van der Waals surface area contributed by atoms with Gasteiger partial charge in [0.05, 0.1) is 4.47 Å². The Labute approximate surface area is 123 Å². The maximum absolute atomic E-state index is 13.2. The molecule has 0 saturated heterocycles. The van der Waals surface area contributed by atoms with Gasteiger partial charge >= 0.3 is 0 Å². The molecule has 104 valence electrons. The minimum Gasteiger partial charge on any atom is -0.438 e. The Morgan fingerprint density at radius 1 is 1.40 bits per heavy atom. The van der Waals surface area contributed by atoms with Gasteiger partial charge in [-0.3, -0.25) is 0 Å². The Bertz CT molecular complexity index is 677. The molecule has 5 nitrogen and oxygen atoms in total. The first-order chi connectivity index (χ1) is 9.49. The summed E-state index contributed by atoms with van der Waals surface area (Å²) in [6, 6.07) is 7.21.